The molecule has 1 saturated carbocycles. The van der Waals surface area contributed by atoms with Crippen molar-refractivity contribution in [3.05, 3.63) is 0 Å². The molecule has 0 aromatic rings. The molecule has 0 bridgehead atoms. The van der Waals surface area contributed by atoms with Gasteiger partial charge >= 0.3 is 5.97 Å². The van der Waals surface area contributed by atoms with Crippen molar-refractivity contribution in [2.75, 3.05) is 6.54 Å². The van der Waals surface area contributed by atoms with Gasteiger partial charge in [0.05, 0.1) is 11.0 Å². The van der Waals surface area contributed by atoms with Crippen molar-refractivity contribution >= 4 is 11.9 Å². The number of amides is 1. The molecule has 0 aromatic carbocycles. The van der Waals surface area contributed by atoms with Crippen LogP contribution in [0.15, 0.2) is 0 Å². The Balaban J connectivity index is 2.40. The number of aliphatic carboxylic acids is 1. The molecule has 1 fully saturated rings. The maximum atomic E-state index is 11.7. The van der Waals surface area contributed by atoms with Crippen LogP contribution < -0.4 is 5.32 Å². The van der Waals surface area contributed by atoms with Crippen LogP contribution in [0, 0.1) is 11.3 Å². The molecule has 1 aliphatic carbocycles. The molecule has 0 spiro atoms. The van der Waals surface area contributed by atoms with Gasteiger partial charge in [-0.3, -0.25) is 9.59 Å². The molecule has 0 heterocycles. The molecule has 1 aliphatic rings. The number of rotatable bonds is 5. The van der Waals surface area contributed by atoms with Crippen molar-refractivity contribution in [2.45, 2.75) is 58.5 Å². The lowest BCUT2D eigenvalue weighted by atomic mass is 9.79. The lowest BCUT2D eigenvalue weighted by Gasteiger charge is -2.35. The predicted octanol–water partition coefficient (Wildman–Crippen LogP) is 1.54. The Kier molecular flexibility index (Phi) is 4.96. The summed E-state index contributed by atoms with van der Waals surface area (Å²) in [5.41, 5.74) is -1.90. The normalized spacial score (nSPS) is 27.9. The van der Waals surface area contributed by atoms with Gasteiger partial charge < -0.3 is 15.5 Å². The summed E-state index contributed by atoms with van der Waals surface area (Å²) >= 11 is 0. The molecule has 3 N–H and O–H groups in total. The van der Waals surface area contributed by atoms with Crippen molar-refractivity contribution in [1.29, 1.82) is 0 Å². The molecule has 0 aliphatic heterocycles. The first-order valence-electron chi connectivity index (χ1n) is 6.87. The first-order valence-corrected chi connectivity index (χ1v) is 6.87. The highest BCUT2D eigenvalue weighted by Gasteiger charge is 2.34. The van der Waals surface area contributed by atoms with Gasteiger partial charge in [0.1, 0.15) is 0 Å². The first kappa shape index (κ1) is 16.0. The van der Waals surface area contributed by atoms with Crippen LogP contribution in [-0.4, -0.2) is 34.2 Å². The molecule has 19 heavy (non-hydrogen) atoms. The van der Waals surface area contributed by atoms with E-state index in [1.165, 1.54) is 13.8 Å². The molecule has 110 valence electrons. The van der Waals surface area contributed by atoms with Gasteiger partial charge in [0.15, 0.2) is 0 Å². The zero-order valence-electron chi connectivity index (χ0n) is 12.0. The van der Waals surface area contributed by atoms with Crippen molar-refractivity contribution in [1.82, 2.24) is 5.32 Å². The number of carbonyl (C=O) groups excluding carboxylic acids is 1. The zero-order chi connectivity index (χ0) is 14.7. The molecule has 1 rings (SSSR count). The van der Waals surface area contributed by atoms with Gasteiger partial charge in [-0.2, -0.15) is 0 Å². The van der Waals surface area contributed by atoms with E-state index in [1.54, 1.807) is 0 Å². The van der Waals surface area contributed by atoms with Crippen LogP contribution in [0.25, 0.3) is 0 Å². The van der Waals surface area contributed by atoms with Crippen LogP contribution in [0.3, 0.4) is 0 Å². The molecule has 0 saturated heterocycles. The van der Waals surface area contributed by atoms with Crippen LogP contribution in [0.1, 0.15) is 52.9 Å². The Morgan fingerprint density at radius 1 is 1.32 bits per heavy atom. The maximum absolute atomic E-state index is 11.7. The largest absolute Gasteiger partial charge is 0.481 e. The Labute approximate surface area is 114 Å². The third-order valence-corrected chi connectivity index (χ3v) is 4.00. The van der Waals surface area contributed by atoms with E-state index < -0.39 is 17.0 Å². The van der Waals surface area contributed by atoms with E-state index in [-0.39, 0.29) is 18.9 Å². The summed E-state index contributed by atoms with van der Waals surface area (Å²) in [5, 5.41) is 21.9. The predicted molar refractivity (Wildman–Crippen MR) is 71.6 cm³/mol. The third-order valence-electron chi connectivity index (χ3n) is 4.00. The van der Waals surface area contributed by atoms with Crippen LogP contribution in [-0.2, 0) is 9.59 Å². The quantitative estimate of drug-likeness (QED) is 0.708. The van der Waals surface area contributed by atoms with E-state index in [9.17, 15) is 14.7 Å². The molecule has 0 unspecified atom stereocenters. The summed E-state index contributed by atoms with van der Waals surface area (Å²) in [6, 6.07) is 0. The van der Waals surface area contributed by atoms with Gasteiger partial charge in [0, 0.05) is 13.0 Å². The molecular weight excluding hydrogens is 246 g/mol. The molecule has 5 heteroatoms. The van der Waals surface area contributed by atoms with Crippen LogP contribution in [0.4, 0.5) is 0 Å². The second-order valence-corrected chi connectivity index (χ2v) is 6.55. The van der Waals surface area contributed by atoms with Crippen LogP contribution in [0.5, 0.6) is 0 Å². The van der Waals surface area contributed by atoms with E-state index in [0.717, 1.165) is 12.8 Å². The molecule has 5 nitrogen and oxygen atoms in total. The number of carboxylic acids is 1. The fraction of sp³-hybridized carbons (Fsp3) is 0.857. The minimum absolute atomic E-state index is 0.0746. The number of carboxylic acid groups (broad SMARTS) is 1. The Hall–Kier alpha value is -1.10. The van der Waals surface area contributed by atoms with Gasteiger partial charge in [-0.25, -0.2) is 0 Å². The van der Waals surface area contributed by atoms with Crippen molar-refractivity contribution in [2.24, 2.45) is 11.3 Å². The lowest BCUT2D eigenvalue weighted by molar-refractivity contribution is -0.149. The number of aliphatic hydroxyl groups is 1. The summed E-state index contributed by atoms with van der Waals surface area (Å²) in [7, 11) is 0. The van der Waals surface area contributed by atoms with Gasteiger partial charge in [-0.15, -0.1) is 0 Å². The zero-order valence-corrected chi connectivity index (χ0v) is 12.0. The number of hydrogen-bond donors (Lipinski definition) is 3. The maximum Gasteiger partial charge on any atom is 0.309 e. The van der Waals surface area contributed by atoms with Crippen LogP contribution in [0.2, 0.25) is 0 Å². The second kappa shape index (κ2) is 5.90. The van der Waals surface area contributed by atoms with Gasteiger partial charge in [-0.05, 0) is 45.4 Å². The SMILES string of the molecule is CC1CCC(O)(CNC(=O)CC(C)(C)C(=O)O)CC1. The molecular formula is C14H25NO4. The van der Waals surface area contributed by atoms with Crippen molar-refractivity contribution in [3.8, 4) is 0 Å². The van der Waals surface area contributed by atoms with Crippen molar-refractivity contribution < 1.29 is 19.8 Å². The standard InChI is InChI=1S/C14H25NO4/c1-10-4-6-14(19,7-5-10)9-15-11(16)8-13(2,3)12(17)18/h10,19H,4-9H2,1-3H3,(H,15,16)(H,17,18). The summed E-state index contributed by atoms with van der Waals surface area (Å²) in [5.74, 6) is -0.686. The fourth-order valence-electron chi connectivity index (χ4n) is 2.28. The average molecular weight is 271 g/mol. The fourth-order valence-corrected chi connectivity index (χ4v) is 2.28. The Bertz CT molecular complexity index is 343. The average Bonchev–Trinajstić information content (AvgIpc) is 2.30. The van der Waals surface area contributed by atoms with Crippen molar-refractivity contribution in [3.63, 3.8) is 0 Å². The van der Waals surface area contributed by atoms with Crippen LogP contribution >= 0.6 is 0 Å². The Morgan fingerprint density at radius 3 is 2.32 bits per heavy atom. The Morgan fingerprint density at radius 2 is 1.84 bits per heavy atom. The molecule has 1 amide bonds. The monoisotopic (exact) mass is 271 g/mol. The van der Waals surface area contributed by atoms with Gasteiger partial charge in [-0.1, -0.05) is 6.92 Å². The summed E-state index contributed by atoms with van der Waals surface area (Å²) in [4.78, 5) is 22.7. The number of nitrogens with one attached hydrogen (secondary N) is 1. The summed E-state index contributed by atoms with van der Waals surface area (Å²) in [6.45, 7) is 5.42. The highest BCUT2D eigenvalue weighted by molar-refractivity contribution is 5.84. The van der Waals surface area contributed by atoms with Gasteiger partial charge in [0.25, 0.3) is 0 Å². The summed E-state index contributed by atoms with van der Waals surface area (Å²) in [6.07, 6.45) is 3.24. The van der Waals surface area contributed by atoms with E-state index >= 15 is 0 Å². The lowest BCUT2D eigenvalue weighted by Crippen LogP contribution is -2.46. The van der Waals surface area contributed by atoms with E-state index in [0.29, 0.717) is 18.8 Å². The molecule has 0 radical (unpaired) electrons. The second-order valence-electron chi connectivity index (χ2n) is 6.55. The highest BCUT2D eigenvalue weighted by Crippen LogP contribution is 2.31. The van der Waals surface area contributed by atoms with Gasteiger partial charge in [0.2, 0.25) is 5.91 Å². The summed E-state index contributed by atoms with van der Waals surface area (Å²) < 4.78 is 0. The first-order chi connectivity index (χ1) is 8.65. The minimum atomic E-state index is -1.08. The molecule has 0 aromatic heterocycles. The highest BCUT2D eigenvalue weighted by atomic mass is 16.4. The van der Waals surface area contributed by atoms with E-state index in [2.05, 4.69) is 12.2 Å². The van der Waals surface area contributed by atoms with E-state index in [1.807, 2.05) is 0 Å². The van der Waals surface area contributed by atoms with E-state index in [4.69, 9.17) is 5.11 Å². The number of hydrogen-bond acceptors (Lipinski definition) is 3. The molecule has 0 atom stereocenters. The third kappa shape index (κ3) is 4.82. The minimum Gasteiger partial charge on any atom is -0.481 e. The topological polar surface area (TPSA) is 86.6 Å². The smallest absolute Gasteiger partial charge is 0.309 e. The number of carbonyl (C=O) groups is 2.